The highest BCUT2D eigenvalue weighted by Crippen LogP contribution is 2.13. The minimum absolute atomic E-state index is 0. The molecule has 0 bridgehead atoms. The van der Waals surface area contributed by atoms with Crippen LogP contribution in [-0.2, 0) is 9.53 Å². The quantitative estimate of drug-likeness (QED) is 0.720. The maximum Gasteiger partial charge on any atom is 0.338 e. The van der Waals surface area contributed by atoms with Crippen LogP contribution in [0.5, 0.6) is 0 Å². The molecule has 2 rings (SSSR count). The first kappa shape index (κ1) is 17.4. The van der Waals surface area contributed by atoms with Crippen LogP contribution in [0.3, 0.4) is 0 Å². The zero-order chi connectivity index (χ0) is 14.5. The molecule has 0 spiro atoms. The number of aliphatic hydroxyl groups is 1. The molecule has 1 aromatic carbocycles. The van der Waals surface area contributed by atoms with Crippen molar-refractivity contribution in [2.75, 3.05) is 18.5 Å². The molecule has 1 aromatic rings. The van der Waals surface area contributed by atoms with E-state index in [1.54, 1.807) is 31.2 Å². The van der Waals surface area contributed by atoms with E-state index in [0.29, 0.717) is 30.8 Å². The number of anilines is 1. The first-order valence-electron chi connectivity index (χ1n) is 6.59. The number of carbonyl (C=O) groups excluding carboxylic acids is 2. The van der Waals surface area contributed by atoms with Gasteiger partial charge in [-0.25, -0.2) is 4.79 Å². The van der Waals surface area contributed by atoms with Crippen molar-refractivity contribution in [1.29, 1.82) is 0 Å². The largest absolute Gasteiger partial charge is 0.462 e. The lowest BCUT2D eigenvalue weighted by Crippen LogP contribution is -2.35. The minimum atomic E-state index is -0.475. The third-order valence-corrected chi connectivity index (χ3v) is 3.09. The standard InChI is InChI=1S/C14H18N2O4.ClH/c1-2-20-14(19)9-3-5-10(6-4-9)16-13(18)12-7-11(17)8-15-12;/h3-6,11-12,15,17H,2,7-8H2,1H3,(H,16,18);1H. The van der Waals surface area contributed by atoms with Crippen LogP contribution in [0, 0.1) is 0 Å². The number of ether oxygens (including phenoxy) is 1. The molecule has 116 valence electrons. The lowest BCUT2D eigenvalue weighted by atomic mass is 10.1. The Morgan fingerprint density at radius 3 is 2.57 bits per heavy atom. The molecule has 21 heavy (non-hydrogen) atoms. The van der Waals surface area contributed by atoms with Crippen LogP contribution < -0.4 is 10.6 Å². The molecule has 1 aliphatic rings. The molecular formula is C14H19ClN2O4. The van der Waals surface area contributed by atoms with E-state index in [9.17, 15) is 14.7 Å². The lowest BCUT2D eigenvalue weighted by molar-refractivity contribution is -0.117. The van der Waals surface area contributed by atoms with Gasteiger partial charge in [0.25, 0.3) is 0 Å². The van der Waals surface area contributed by atoms with Crippen molar-refractivity contribution in [2.24, 2.45) is 0 Å². The first-order chi connectivity index (χ1) is 9.60. The zero-order valence-corrected chi connectivity index (χ0v) is 12.5. The fourth-order valence-corrected chi connectivity index (χ4v) is 2.05. The molecule has 1 amide bonds. The van der Waals surface area contributed by atoms with E-state index >= 15 is 0 Å². The first-order valence-corrected chi connectivity index (χ1v) is 6.59. The van der Waals surface area contributed by atoms with Crippen molar-refractivity contribution in [3.05, 3.63) is 29.8 Å². The van der Waals surface area contributed by atoms with Gasteiger partial charge < -0.3 is 20.5 Å². The van der Waals surface area contributed by atoms with Crippen LogP contribution in [0.1, 0.15) is 23.7 Å². The van der Waals surface area contributed by atoms with Gasteiger partial charge in [0.05, 0.1) is 24.3 Å². The molecule has 6 nitrogen and oxygen atoms in total. The topological polar surface area (TPSA) is 87.7 Å². The van der Waals surface area contributed by atoms with E-state index in [-0.39, 0.29) is 30.3 Å². The van der Waals surface area contributed by atoms with Crippen molar-refractivity contribution in [2.45, 2.75) is 25.5 Å². The summed E-state index contributed by atoms with van der Waals surface area (Å²) in [5.41, 5.74) is 1.05. The maximum atomic E-state index is 11.9. The smallest absolute Gasteiger partial charge is 0.338 e. The van der Waals surface area contributed by atoms with Gasteiger partial charge in [0.2, 0.25) is 5.91 Å². The summed E-state index contributed by atoms with van der Waals surface area (Å²) >= 11 is 0. The monoisotopic (exact) mass is 314 g/mol. The summed E-state index contributed by atoms with van der Waals surface area (Å²) in [5, 5.41) is 15.0. The number of nitrogens with one attached hydrogen (secondary N) is 2. The van der Waals surface area contributed by atoms with E-state index in [2.05, 4.69) is 10.6 Å². The number of aliphatic hydroxyl groups excluding tert-OH is 1. The van der Waals surface area contributed by atoms with Crippen LogP contribution in [0.15, 0.2) is 24.3 Å². The van der Waals surface area contributed by atoms with Gasteiger partial charge in [-0.3, -0.25) is 4.79 Å². The average Bonchev–Trinajstić information content (AvgIpc) is 2.86. The average molecular weight is 315 g/mol. The number of halogens is 1. The number of esters is 1. The van der Waals surface area contributed by atoms with Gasteiger partial charge in [0, 0.05) is 12.2 Å². The summed E-state index contributed by atoms with van der Waals surface area (Å²) in [6.07, 6.45) is -0.0656. The molecule has 0 aromatic heterocycles. The van der Waals surface area contributed by atoms with Gasteiger partial charge in [-0.1, -0.05) is 0 Å². The van der Waals surface area contributed by atoms with Gasteiger partial charge in [0.1, 0.15) is 0 Å². The second kappa shape index (κ2) is 7.97. The highest BCUT2D eigenvalue weighted by atomic mass is 35.5. The zero-order valence-electron chi connectivity index (χ0n) is 11.7. The Bertz CT molecular complexity index is 492. The van der Waals surface area contributed by atoms with E-state index in [0.717, 1.165) is 0 Å². The molecule has 0 saturated carbocycles. The van der Waals surface area contributed by atoms with Crippen molar-refractivity contribution in [1.82, 2.24) is 5.32 Å². The molecule has 3 N–H and O–H groups in total. The van der Waals surface area contributed by atoms with Gasteiger partial charge in [-0.2, -0.15) is 0 Å². The summed E-state index contributed by atoms with van der Waals surface area (Å²) in [5.74, 6) is -0.573. The van der Waals surface area contributed by atoms with Gasteiger partial charge >= 0.3 is 5.97 Å². The highest BCUT2D eigenvalue weighted by Gasteiger charge is 2.27. The fraction of sp³-hybridized carbons (Fsp3) is 0.429. The summed E-state index contributed by atoms with van der Waals surface area (Å²) < 4.78 is 4.88. The Morgan fingerprint density at radius 2 is 2.05 bits per heavy atom. The van der Waals surface area contributed by atoms with Crippen molar-refractivity contribution < 1.29 is 19.4 Å². The lowest BCUT2D eigenvalue weighted by Gasteiger charge is -2.11. The van der Waals surface area contributed by atoms with Gasteiger partial charge in [-0.15, -0.1) is 12.4 Å². The predicted molar refractivity (Wildman–Crippen MR) is 80.7 cm³/mol. The van der Waals surface area contributed by atoms with Crippen LogP contribution in [0.25, 0.3) is 0 Å². The molecular weight excluding hydrogens is 296 g/mol. The Hall–Kier alpha value is -1.63. The fourth-order valence-electron chi connectivity index (χ4n) is 2.05. The van der Waals surface area contributed by atoms with Crippen LogP contribution in [0.4, 0.5) is 5.69 Å². The van der Waals surface area contributed by atoms with Crippen molar-refractivity contribution in [3.63, 3.8) is 0 Å². The molecule has 2 unspecified atom stereocenters. The highest BCUT2D eigenvalue weighted by molar-refractivity contribution is 5.96. The molecule has 0 aliphatic carbocycles. The molecule has 1 aliphatic heterocycles. The number of carbonyl (C=O) groups is 2. The van der Waals surface area contributed by atoms with Gasteiger partial charge in [0.15, 0.2) is 0 Å². The second-order valence-electron chi connectivity index (χ2n) is 4.64. The Morgan fingerprint density at radius 1 is 1.38 bits per heavy atom. The molecule has 7 heteroatoms. The molecule has 2 atom stereocenters. The molecule has 0 radical (unpaired) electrons. The number of benzene rings is 1. The molecule has 1 heterocycles. The van der Waals surface area contributed by atoms with Crippen LogP contribution >= 0.6 is 12.4 Å². The molecule has 1 saturated heterocycles. The number of rotatable bonds is 4. The maximum absolute atomic E-state index is 11.9. The number of hydrogen-bond donors (Lipinski definition) is 3. The van der Waals surface area contributed by atoms with Crippen molar-refractivity contribution >= 4 is 30.0 Å². The third-order valence-electron chi connectivity index (χ3n) is 3.09. The van der Waals surface area contributed by atoms with Crippen LogP contribution in [0.2, 0.25) is 0 Å². The van der Waals surface area contributed by atoms with E-state index < -0.39 is 6.10 Å². The SMILES string of the molecule is CCOC(=O)c1ccc(NC(=O)C2CC(O)CN2)cc1.Cl. The summed E-state index contributed by atoms with van der Waals surface area (Å²) in [7, 11) is 0. The Kier molecular flexibility index (Phi) is 6.61. The third kappa shape index (κ3) is 4.70. The number of amides is 1. The second-order valence-corrected chi connectivity index (χ2v) is 4.64. The van der Waals surface area contributed by atoms with E-state index in [1.165, 1.54) is 0 Å². The van der Waals surface area contributed by atoms with E-state index in [4.69, 9.17) is 4.74 Å². The summed E-state index contributed by atoms with van der Waals surface area (Å²) in [4.78, 5) is 23.4. The normalized spacial score (nSPS) is 20.5. The Labute approximate surface area is 129 Å². The number of β-amino-alcohol motifs (C(OH)–C–C–N with tert-alkyl or cyclic N) is 1. The predicted octanol–water partition coefficient (Wildman–Crippen LogP) is 0.946. The van der Waals surface area contributed by atoms with E-state index in [1.807, 2.05) is 0 Å². The van der Waals surface area contributed by atoms with Crippen LogP contribution in [-0.4, -0.2) is 42.3 Å². The number of hydrogen-bond acceptors (Lipinski definition) is 5. The summed E-state index contributed by atoms with van der Waals surface area (Å²) in [6, 6.07) is 6.12. The van der Waals surface area contributed by atoms with Gasteiger partial charge in [-0.05, 0) is 37.6 Å². The molecule has 1 fully saturated rings. The minimum Gasteiger partial charge on any atom is -0.462 e. The van der Waals surface area contributed by atoms with Crippen molar-refractivity contribution in [3.8, 4) is 0 Å². The Balaban J connectivity index is 0.00000220. The summed E-state index contributed by atoms with van der Waals surface area (Å²) in [6.45, 7) is 2.50.